The van der Waals surface area contributed by atoms with Gasteiger partial charge in [-0.25, -0.2) is 15.0 Å². The maximum Gasteiger partial charge on any atom is 0.167 e. The smallest absolute Gasteiger partial charge is 0.167 e. The first kappa shape index (κ1) is 35.9. The van der Waals surface area contributed by atoms with Crippen LogP contribution in [0.5, 0.6) is 0 Å². The molecule has 0 bridgehead atoms. The van der Waals surface area contributed by atoms with Crippen molar-refractivity contribution in [2.45, 2.75) is 19.3 Å². The minimum absolute atomic E-state index is 0.366. The molecule has 0 atom stereocenters. The number of hydrogen-bond donors (Lipinski definition) is 0. The van der Waals surface area contributed by atoms with Crippen LogP contribution in [-0.4, -0.2) is 15.0 Å². The van der Waals surface area contributed by atoms with Gasteiger partial charge in [0.2, 0.25) is 0 Å². The third-order valence-electron chi connectivity index (χ3n) is 13.9. The minimum atomic E-state index is -0.366. The van der Waals surface area contributed by atoms with Crippen molar-refractivity contribution in [3.63, 3.8) is 0 Å². The summed E-state index contributed by atoms with van der Waals surface area (Å²) in [4.78, 5) is 16.3. The molecule has 0 amide bonds. The molecule has 0 radical (unpaired) electrons. The largest absolute Gasteiger partial charge is 0.455 e. The van der Waals surface area contributed by atoms with Crippen molar-refractivity contribution in [1.29, 1.82) is 5.26 Å². The zero-order valence-electron chi connectivity index (χ0n) is 35.3. The molecule has 0 spiro atoms. The van der Waals surface area contributed by atoms with Gasteiger partial charge in [0.1, 0.15) is 22.3 Å². The van der Waals surface area contributed by atoms with Gasteiger partial charge in [-0.2, -0.15) is 5.26 Å². The highest BCUT2D eigenvalue weighted by atomic mass is 16.3. The van der Waals surface area contributed by atoms with Crippen LogP contribution in [0.1, 0.15) is 30.5 Å². The molecule has 0 aliphatic heterocycles. The van der Waals surface area contributed by atoms with Crippen LogP contribution in [0.4, 0.5) is 0 Å². The number of nitrogens with zero attached hydrogens (tertiary/aromatic N) is 4. The summed E-state index contributed by atoms with van der Waals surface area (Å²) in [6, 6.07) is 61.4. The Hall–Kier alpha value is -8.66. The van der Waals surface area contributed by atoms with E-state index in [-0.39, 0.29) is 5.41 Å². The zero-order chi connectivity index (χ0) is 43.1. The molecule has 6 heteroatoms. The topological polar surface area (TPSA) is 88.7 Å². The Labute approximate surface area is 371 Å². The van der Waals surface area contributed by atoms with Crippen molar-refractivity contribution in [1.82, 2.24) is 15.0 Å². The van der Waals surface area contributed by atoms with Crippen LogP contribution in [0.15, 0.2) is 179 Å². The standard InChI is InChI=1S/C59H34N4O2/c1-59(2)46-27-32(31-60)19-23-42(46)43-24-20-37(30-47(43)59)56-61-57(44-28-35-13-5-9-17-40(35)52-50-38-15-7-3-11-33(38)21-25-48(50)64-54(44)52)63-58(62-56)45-29-36-14-6-10-18-41(36)53-51-39-16-8-4-12-34(39)22-26-49(51)65-55(45)53/h3-30H,1-2H3. The third-order valence-corrected chi connectivity index (χ3v) is 13.9. The van der Waals surface area contributed by atoms with E-state index in [4.69, 9.17) is 23.8 Å². The van der Waals surface area contributed by atoms with Crippen LogP contribution in [0.25, 0.3) is 132 Å². The lowest BCUT2D eigenvalue weighted by Crippen LogP contribution is -2.15. The van der Waals surface area contributed by atoms with E-state index in [0.29, 0.717) is 23.0 Å². The molecule has 1 aliphatic carbocycles. The molecule has 14 rings (SSSR count). The molecule has 10 aromatic carbocycles. The van der Waals surface area contributed by atoms with Gasteiger partial charge in [-0.3, -0.25) is 0 Å². The van der Waals surface area contributed by atoms with Crippen molar-refractivity contribution in [3.05, 3.63) is 187 Å². The molecule has 65 heavy (non-hydrogen) atoms. The molecule has 0 saturated carbocycles. The van der Waals surface area contributed by atoms with Gasteiger partial charge in [-0.15, -0.1) is 0 Å². The molecule has 1 aliphatic rings. The van der Waals surface area contributed by atoms with E-state index in [1.54, 1.807) is 0 Å². The molecule has 0 saturated heterocycles. The Morgan fingerprint density at radius 2 is 0.862 bits per heavy atom. The van der Waals surface area contributed by atoms with Gasteiger partial charge in [0.15, 0.2) is 17.5 Å². The van der Waals surface area contributed by atoms with Crippen LogP contribution in [-0.2, 0) is 5.41 Å². The van der Waals surface area contributed by atoms with Crippen molar-refractivity contribution in [2.75, 3.05) is 0 Å². The number of hydrogen-bond acceptors (Lipinski definition) is 6. The lowest BCUT2D eigenvalue weighted by molar-refractivity contribution is 0.660. The summed E-state index contributed by atoms with van der Waals surface area (Å²) in [6.07, 6.45) is 0. The quantitative estimate of drug-likeness (QED) is 0.176. The average Bonchev–Trinajstić information content (AvgIpc) is 4.02. The lowest BCUT2D eigenvalue weighted by atomic mass is 9.81. The van der Waals surface area contributed by atoms with E-state index in [2.05, 4.69) is 178 Å². The molecular weight excluding hydrogens is 797 g/mol. The molecule has 13 aromatic rings. The number of aromatic nitrogens is 3. The van der Waals surface area contributed by atoms with Crippen molar-refractivity contribution < 1.29 is 8.83 Å². The molecule has 3 heterocycles. The monoisotopic (exact) mass is 830 g/mol. The summed E-state index contributed by atoms with van der Waals surface area (Å²) in [5, 5.41) is 22.9. The van der Waals surface area contributed by atoms with Crippen molar-refractivity contribution in [3.8, 4) is 51.4 Å². The van der Waals surface area contributed by atoms with E-state index in [0.717, 1.165) is 126 Å². The first-order valence-electron chi connectivity index (χ1n) is 21.9. The normalized spacial score (nSPS) is 13.2. The van der Waals surface area contributed by atoms with Crippen LogP contribution in [0.3, 0.4) is 0 Å². The molecule has 3 aromatic heterocycles. The van der Waals surface area contributed by atoms with E-state index in [1.165, 1.54) is 0 Å². The summed E-state index contributed by atoms with van der Waals surface area (Å²) in [6.45, 7) is 4.45. The summed E-state index contributed by atoms with van der Waals surface area (Å²) in [5.41, 5.74) is 10.3. The second-order valence-electron chi connectivity index (χ2n) is 17.8. The van der Waals surface area contributed by atoms with Crippen LogP contribution >= 0.6 is 0 Å². The number of rotatable bonds is 3. The SMILES string of the molecule is CC1(C)c2cc(C#N)ccc2-c2ccc(-c3nc(-c4cc5ccccc5c5c4oc4ccc6ccccc6c45)nc(-c4cc5ccccc5c5c4oc4ccc6ccccc6c45)n3)cc21. The fraction of sp³-hybridized carbons (Fsp3) is 0.0508. The highest BCUT2D eigenvalue weighted by Crippen LogP contribution is 2.51. The van der Waals surface area contributed by atoms with E-state index in [1.807, 2.05) is 12.1 Å². The second-order valence-corrected chi connectivity index (χ2v) is 17.8. The van der Waals surface area contributed by atoms with Gasteiger partial charge >= 0.3 is 0 Å². The predicted octanol–water partition coefficient (Wildman–Crippen LogP) is 15.5. The molecule has 6 nitrogen and oxygen atoms in total. The van der Waals surface area contributed by atoms with Gasteiger partial charge in [0, 0.05) is 32.5 Å². The lowest BCUT2D eigenvalue weighted by Gasteiger charge is -2.22. The zero-order valence-corrected chi connectivity index (χ0v) is 35.3. The van der Waals surface area contributed by atoms with Crippen molar-refractivity contribution >= 4 is 87.0 Å². The number of benzene rings is 10. The molecule has 0 unspecified atom stereocenters. The Morgan fingerprint density at radius 3 is 1.38 bits per heavy atom. The minimum Gasteiger partial charge on any atom is -0.455 e. The molecule has 0 N–H and O–H groups in total. The Kier molecular flexibility index (Phi) is 7.15. The first-order chi connectivity index (χ1) is 31.9. The summed E-state index contributed by atoms with van der Waals surface area (Å²) in [5.74, 6) is 1.52. The summed E-state index contributed by atoms with van der Waals surface area (Å²) >= 11 is 0. The first-order valence-corrected chi connectivity index (χ1v) is 21.9. The van der Waals surface area contributed by atoms with Crippen LogP contribution in [0.2, 0.25) is 0 Å². The number of fused-ring (bicyclic) bond motifs is 17. The fourth-order valence-corrected chi connectivity index (χ4v) is 10.8. The number of furan rings is 2. The van der Waals surface area contributed by atoms with Crippen LogP contribution < -0.4 is 0 Å². The number of nitriles is 1. The summed E-state index contributed by atoms with van der Waals surface area (Å²) < 4.78 is 13.9. The maximum atomic E-state index is 9.83. The molecule has 0 fully saturated rings. The molecular formula is C59H34N4O2. The van der Waals surface area contributed by atoms with Crippen molar-refractivity contribution in [2.24, 2.45) is 0 Å². The predicted molar refractivity (Wildman–Crippen MR) is 263 cm³/mol. The van der Waals surface area contributed by atoms with Gasteiger partial charge < -0.3 is 8.83 Å². The van der Waals surface area contributed by atoms with E-state index < -0.39 is 0 Å². The maximum absolute atomic E-state index is 9.83. The van der Waals surface area contributed by atoms with Crippen LogP contribution in [0, 0.1) is 11.3 Å². The average molecular weight is 831 g/mol. The highest BCUT2D eigenvalue weighted by Gasteiger charge is 2.36. The van der Waals surface area contributed by atoms with Gasteiger partial charge in [0.05, 0.1) is 22.8 Å². The Balaban J connectivity index is 1.09. The Morgan fingerprint density at radius 1 is 0.415 bits per heavy atom. The van der Waals surface area contributed by atoms with Gasteiger partial charge in [0.25, 0.3) is 0 Å². The third kappa shape index (κ3) is 5.01. The molecule has 302 valence electrons. The van der Waals surface area contributed by atoms with Gasteiger partial charge in [-0.05, 0) is 108 Å². The van der Waals surface area contributed by atoms with E-state index >= 15 is 0 Å². The Bertz CT molecular complexity index is 4090. The second kappa shape index (κ2) is 12.9. The summed E-state index contributed by atoms with van der Waals surface area (Å²) in [7, 11) is 0. The highest BCUT2D eigenvalue weighted by molar-refractivity contribution is 6.30. The van der Waals surface area contributed by atoms with Gasteiger partial charge in [-0.1, -0.05) is 141 Å². The van der Waals surface area contributed by atoms with E-state index in [9.17, 15) is 5.26 Å². The fourth-order valence-electron chi connectivity index (χ4n) is 10.8.